The van der Waals surface area contributed by atoms with E-state index in [0.29, 0.717) is 70.2 Å². The number of ether oxygens (including phenoxy) is 6. The highest BCUT2D eigenvalue weighted by Crippen LogP contribution is 2.63. The zero-order chi connectivity index (χ0) is 43.0. The van der Waals surface area contributed by atoms with Crippen LogP contribution in [-0.2, 0) is 32.7 Å². The fraction of sp³-hybridized carbons (Fsp3) is 0.383. The van der Waals surface area contributed by atoms with Crippen molar-refractivity contribution in [3.8, 4) is 46.3 Å². The number of nitrogens with one attached hydrogen (secondary N) is 2. The molecular formula is C47H46N4O10S. The van der Waals surface area contributed by atoms with Gasteiger partial charge in [0.1, 0.15) is 11.8 Å². The molecule has 1 saturated heterocycles. The van der Waals surface area contributed by atoms with Crippen LogP contribution in [0.25, 0.3) is 6.08 Å². The summed E-state index contributed by atoms with van der Waals surface area (Å²) in [5.41, 5.74) is 5.12. The second-order valence-electron chi connectivity index (χ2n) is 16.6. The summed E-state index contributed by atoms with van der Waals surface area (Å²) in [6, 6.07) is 14.7. The van der Waals surface area contributed by atoms with Gasteiger partial charge in [-0.3, -0.25) is 10.2 Å². The summed E-state index contributed by atoms with van der Waals surface area (Å²) in [6.07, 6.45) is 4.34. The number of benzene rings is 4. The number of phenolic OH excluding ortho intramolecular Hbond substituents is 2. The standard InChI is InChI=1S/C47H46N4O10S/c1-23-16-27-17-29-31(20-48)51-30-13-15-58-46(55)47(28-19-33(56-3)32(52)18-26(28)12-14-49-47)21-62-45(39(51)38(50-29)35(27)40(54)41(23)57-4)37-36(30)44-43(59-22-60-44)24(2)42(37)61-34(53)11-10-25-8-6-5-7-9-25/h5-11,16,18-19,29-31,38-39,45,49-50,52,54H,12-15,17,21-22H2,1-4H3/b11-10+/t29-,30+,31+,38+,39-,45-,47-/m1/s1. The molecule has 14 nitrogen and oxygen atoms in total. The molecule has 4 aromatic rings. The Morgan fingerprint density at radius 2 is 1.82 bits per heavy atom. The molecule has 6 aliphatic rings. The maximum Gasteiger partial charge on any atom is 0.336 e. The number of thioether (sulfide) groups is 1. The molecule has 0 saturated carbocycles. The summed E-state index contributed by atoms with van der Waals surface area (Å²) in [5, 5.41) is 40.9. The number of hydrogen-bond acceptors (Lipinski definition) is 15. The van der Waals surface area contributed by atoms with Gasteiger partial charge in [-0.05, 0) is 72.7 Å². The summed E-state index contributed by atoms with van der Waals surface area (Å²) >= 11 is 1.47. The smallest absolute Gasteiger partial charge is 0.336 e. The molecule has 0 aromatic heterocycles. The van der Waals surface area contributed by atoms with Gasteiger partial charge in [-0.15, -0.1) is 11.8 Å². The van der Waals surface area contributed by atoms with E-state index in [4.69, 9.17) is 28.4 Å². The Hall–Kier alpha value is -5.92. The van der Waals surface area contributed by atoms with Crippen molar-refractivity contribution in [1.82, 2.24) is 15.5 Å². The van der Waals surface area contributed by atoms with Gasteiger partial charge in [-0.2, -0.15) is 5.26 Å². The lowest BCUT2D eigenvalue weighted by atomic mass is 9.72. The number of carbonyl (C=O) groups is 2. The molecule has 0 amide bonds. The quantitative estimate of drug-likeness (QED) is 0.109. The van der Waals surface area contributed by atoms with E-state index in [-0.39, 0.29) is 48.9 Å². The first-order valence-corrected chi connectivity index (χ1v) is 21.8. The molecule has 4 N–H and O–H groups in total. The first kappa shape index (κ1) is 40.2. The third-order valence-electron chi connectivity index (χ3n) is 13.3. The Kier molecular flexibility index (Phi) is 10.0. The van der Waals surface area contributed by atoms with Crippen LogP contribution in [0.1, 0.15) is 73.8 Å². The Balaban J connectivity index is 1.22. The molecule has 0 unspecified atom stereocenters. The van der Waals surface area contributed by atoms with Crippen LogP contribution < -0.4 is 34.3 Å². The zero-order valence-electron chi connectivity index (χ0n) is 34.7. The second kappa shape index (κ2) is 15.5. The molecule has 7 atom stereocenters. The molecule has 1 fully saturated rings. The number of nitriles is 1. The highest BCUT2D eigenvalue weighted by molar-refractivity contribution is 7.99. The van der Waals surface area contributed by atoms with Crippen molar-refractivity contribution < 1.29 is 48.2 Å². The van der Waals surface area contributed by atoms with E-state index >= 15 is 0 Å². The number of esters is 2. The maximum absolute atomic E-state index is 14.8. The number of nitrogens with zero attached hydrogens (tertiary/aromatic N) is 2. The maximum atomic E-state index is 14.8. The van der Waals surface area contributed by atoms with Crippen molar-refractivity contribution in [3.63, 3.8) is 0 Å². The zero-order valence-corrected chi connectivity index (χ0v) is 35.5. The number of fused-ring (bicyclic) bond motifs is 11. The van der Waals surface area contributed by atoms with Crippen LogP contribution >= 0.6 is 11.8 Å². The molecule has 0 radical (unpaired) electrons. The predicted octanol–water partition coefficient (Wildman–Crippen LogP) is 5.73. The van der Waals surface area contributed by atoms with E-state index in [1.807, 2.05) is 50.2 Å². The van der Waals surface area contributed by atoms with Gasteiger partial charge < -0.3 is 44.0 Å². The normalized spacial score (nSPS) is 26.9. The summed E-state index contributed by atoms with van der Waals surface area (Å²) in [5.74, 6) is 0.832. The van der Waals surface area contributed by atoms with Crippen molar-refractivity contribution >= 4 is 29.8 Å². The topological polar surface area (TPSA) is 181 Å². The summed E-state index contributed by atoms with van der Waals surface area (Å²) in [4.78, 5) is 31.0. The highest BCUT2D eigenvalue weighted by Gasteiger charge is 2.59. The van der Waals surface area contributed by atoms with Gasteiger partial charge in [0, 0.05) is 65.2 Å². The lowest BCUT2D eigenvalue weighted by molar-refractivity contribution is -0.152. The van der Waals surface area contributed by atoms with Gasteiger partial charge >= 0.3 is 11.9 Å². The van der Waals surface area contributed by atoms with Gasteiger partial charge in [-0.1, -0.05) is 36.4 Å². The summed E-state index contributed by atoms with van der Waals surface area (Å²) in [7, 11) is 3.00. The van der Waals surface area contributed by atoms with E-state index in [9.17, 15) is 25.1 Å². The van der Waals surface area contributed by atoms with Gasteiger partial charge in [-0.25, -0.2) is 9.59 Å². The summed E-state index contributed by atoms with van der Waals surface area (Å²) in [6.45, 7) is 4.05. The molecular weight excluding hydrogens is 813 g/mol. The Morgan fingerprint density at radius 3 is 2.60 bits per heavy atom. The molecule has 15 heteroatoms. The van der Waals surface area contributed by atoms with E-state index < -0.39 is 46.9 Å². The SMILES string of the molecule is COc1cc2c(cc1O)CCN[C@]21CS[C@@H]2c3c(OC(=O)/C=C/c4ccccc4)c(C)c4c(c3[C@H](CCOC1=O)N1[C@@H]2[C@H]2N[C@H](Cc3cc(C)c(OC)c(O)c32)[C@@H]1C#N)OCO4. The van der Waals surface area contributed by atoms with Crippen LogP contribution in [0.5, 0.6) is 40.2 Å². The Labute approximate surface area is 362 Å². The molecule has 4 bridgehead atoms. The lowest BCUT2D eigenvalue weighted by Crippen LogP contribution is -2.68. The number of aromatic hydroxyl groups is 2. The minimum Gasteiger partial charge on any atom is -0.504 e. The van der Waals surface area contributed by atoms with Crippen LogP contribution in [0.3, 0.4) is 0 Å². The molecule has 4 aromatic carbocycles. The van der Waals surface area contributed by atoms with Crippen LogP contribution in [0.4, 0.5) is 0 Å². The molecule has 1 spiro atoms. The van der Waals surface area contributed by atoms with Crippen molar-refractivity contribution in [2.24, 2.45) is 0 Å². The van der Waals surface area contributed by atoms with Crippen LogP contribution in [0.15, 0.2) is 54.6 Å². The number of hydrogen-bond donors (Lipinski definition) is 4. The van der Waals surface area contributed by atoms with Gasteiger partial charge in [0.25, 0.3) is 0 Å². The minimum absolute atomic E-state index is 0.0218. The summed E-state index contributed by atoms with van der Waals surface area (Å²) < 4.78 is 36.6. The third-order valence-corrected chi connectivity index (χ3v) is 14.8. The minimum atomic E-state index is -1.40. The molecule has 62 heavy (non-hydrogen) atoms. The van der Waals surface area contributed by atoms with E-state index in [0.717, 1.165) is 22.3 Å². The van der Waals surface area contributed by atoms with Crippen molar-refractivity contribution in [2.75, 3.05) is 39.9 Å². The predicted molar refractivity (Wildman–Crippen MR) is 228 cm³/mol. The number of piperazine rings is 1. The first-order chi connectivity index (χ1) is 30.1. The van der Waals surface area contributed by atoms with Crippen molar-refractivity contribution in [2.45, 2.75) is 74.1 Å². The first-order valence-electron chi connectivity index (χ1n) is 20.8. The average Bonchev–Trinajstić information content (AvgIpc) is 3.76. The Bertz CT molecular complexity index is 2600. The average molecular weight is 859 g/mol. The molecule has 320 valence electrons. The van der Waals surface area contributed by atoms with Crippen LogP contribution in [0, 0.1) is 25.2 Å². The number of carbonyl (C=O) groups excluding carboxylic acids is 2. The number of cyclic esters (lactones) is 1. The highest BCUT2D eigenvalue weighted by atomic mass is 32.2. The molecule has 10 rings (SSSR count). The number of phenols is 2. The largest absolute Gasteiger partial charge is 0.504 e. The lowest BCUT2D eigenvalue weighted by Gasteiger charge is -2.59. The van der Waals surface area contributed by atoms with Crippen LogP contribution in [0.2, 0.25) is 0 Å². The van der Waals surface area contributed by atoms with Crippen molar-refractivity contribution in [3.05, 3.63) is 105 Å². The molecule has 0 aliphatic carbocycles. The van der Waals surface area contributed by atoms with Gasteiger partial charge in [0.2, 0.25) is 6.79 Å². The fourth-order valence-corrected chi connectivity index (χ4v) is 12.4. The van der Waals surface area contributed by atoms with E-state index in [1.54, 1.807) is 18.2 Å². The van der Waals surface area contributed by atoms with Gasteiger partial charge in [0.05, 0.1) is 38.2 Å². The van der Waals surface area contributed by atoms with Crippen molar-refractivity contribution in [1.29, 1.82) is 5.26 Å². The van der Waals surface area contributed by atoms with E-state index in [2.05, 4.69) is 21.6 Å². The van der Waals surface area contributed by atoms with E-state index in [1.165, 1.54) is 32.1 Å². The third kappa shape index (κ3) is 6.10. The molecule has 6 heterocycles. The van der Waals surface area contributed by atoms with Crippen LogP contribution in [-0.4, -0.2) is 85.1 Å². The number of aryl methyl sites for hydroxylation is 1. The molecule has 6 aliphatic heterocycles. The fourth-order valence-electron chi connectivity index (χ4n) is 10.7. The van der Waals surface area contributed by atoms with Gasteiger partial charge in [0.15, 0.2) is 40.0 Å². The Morgan fingerprint density at radius 1 is 1.02 bits per heavy atom. The number of methoxy groups -OCH3 is 2. The number of rotatable bonds is 5. The monoisotopic (exact) mass is 858 g/mol. The second-order valence-corrected chi connectivity index (χ2v) is 17.7.